The molecule has 12 aromatic carbocycles. The minimum absolute atomic E-state index is 0. The van der Waals surface area contributed by atoms with Gasteiger partial charge < -0.3 is 48.9 Å². The van der Waals surface area contributed by atoms with E-state index in [0.717, 1.165) is 35.5 Å². The van der Waals surface area contributed by atoms with Gasteiger partial charge in [0, 0.05) is 100 Å². The third kappa shape index (κ3) is 28.4. The predicted octanol–water partition coefficient (Wildman–Crippen LogP) is 32.2. The summed E-state index contributed by atoms with van der Waals surface area (Å²) in [6.45, 7) is 59.3. The number of fused-ring (bicyclic) bond motifs is 12. The molecule has 6 heterocycles. The fourth-order valence-corrected chi connectivity index (χ4v) is 16.0. The number of hydrogen-bond donors (Lipinski definition) is 1. The SMILES string of the molecule is Brc1ccc(-n2c3ccccc3c3ccccc32)cc1.Brc1ccc(Br)cc1.CC(C)(C)Cl.CC(C)(C)c1ccc2c(c1)c1cc(C(C)(C)C)ccc1n2-c1ccc(B2OC(C)(C)C(C)(C)O2)cc1.CC(C)(C)c1ccc2c(c1)c1cc(C(C)(C)C)ccc1n2-c1ccc(Br)cc1.CC(C)OB1OC(C)(C)C(C)(C)O1.[CH2-]CCC.[Cl][Al]([Cl])[Cl].[Li+].c1ccc2c(c1)[nH]c1ccccc12. The van der Waals surface area contributed by atoms with Gasteiger partial charge in [0.05, 0.1) is 55.5 Å². The van der Waals surface area contributed by atoms with E-state index < -0.39 is 18.7 Å². The summed E-state index contributed by atoms with van der Waals surface area (Å²) in [6, 6.07) is 95.3. The molecule has 21 heteroatoms. The van der Waals surface area contributed by atoms with Crippen LogP contribution in [-0.4, -0.2) is 77.9 Å². The third-order valence-corrected chi connectivity index (χ3v) is 25.7. The van der Waals surface area contributed by atoms with Crippen molar-refractivity contribution in [1.82, 2.24) is 18.7 Å². The standard InChI is InChI=1S/C32H40BNO2.C26H28BrN.C18H12BrN.C12H9N.C9H19BO3.C6H4Br2.C4H9Cl.C4H9.Al.3ClH.Li/c1-29(2,3)21-11-17-27-25(19-21)26-20-22(30(4,5)6)12-18-28(26)34(27)24-15-13-23(14-16-24)33-35-31(7,8)32(9,10)36-33;1-25(2,3)17-7-13-23-21(15-17)22-16-18(26(4,5)6)8-14-24(22)28(23)20-11-9-19(27)10-12-20;19-13-9-11-14(12-10-13)20-17-7-3-1-5-15(17)16-6-2-4-8-18(16)20;1-3-7-11-9(5-1)10-6-2-4-8-12(10)13-11;1-7(2)11-10-12-8(3,4)9(5,6)13-10;7-5-1-2-6(8)4-3-5;1-4(2,3)5;1-3-4-2;;;;;/h11-20H,1-10H3;7-16H,1-6H3;1-12H;1-8,13H;7H,1-6H3;1-4H;1-3H3;1,3-4H2,2H3;;3*1H;/q;;;;;;;-1;+3;;;;+1/p-3. The van der Waals surface area contributed by atoms with E-state index in [1.54, 1.807) is 0 Å². The number of unbranched alkanes of at least 4 members (excludes halogenated alkanes) is 1. The molecule has 2 aliphatic rings. The number of H-pyrrole nitrogens is 1. The Morgan fingerprint density at radius 3 is 0.848 bits per heavy atom. The summed E-state index contributed by atoms with van der Waals surface area (Å²) in [7, 11) is 14.0. The van der Waals surface area contributed by atoms with E-state index in [1.165, 1.54) is 127 Å². The van der Waals surface area contributed by atoms with E-state index in [9.17, 15) is 0 Å². The molecular formula is C111H130AlB2Br4Cl4LiN4O5. The molecular weight excluding hydrogens is 1990 g/mol. The molecule has 4 aromatic heterocycles. The number of benzene rings is 12. The Morgan fingerprint density at radius 1 is 0.364 bits per heavy atom. The molecule has 0 amide bonds. The fourth-order valence-electron chi connectivity index (χ4n) is 14.9. The Balaban J connectivity index is 0.000000182. The van der Waals surface area contributed by atoms with E-state index in [0.29, 0.717) is 0 Å². The van der Waals surface area contributed by atoms with Crippen LogP contribution in [0, 0.1) is 6.92 Å². The Hall–Kier alpha value is -6.02. The van der Waals surface area contributed by atoms with Gasteiger partial charge in [0.1, 0.15) is 0 Å². The summed E-state index contributed by atoms with van der Waals surface area (Å²) in [4.78, 5) is 3.35. The molecule has 9 nitrogen and oxygen atoms in total. The summed E-state index contributed by atoms with van der Waals surface area (Å²) in [5.41, 5.74) is 19.0. The molecule has 0 aliphatic carbocycles. The Bertz CT molecular complexity index is 6190. The van der Waals surface area contributed by atoms with Crippen molar-refractivity contribution in [2.45, 2.75) is 248 Å². The van der Waals surface area contributed by atoms with Gasteiger partial charge in [-0.2, -0.15) is 6.42 Å². The minimum atomic E-state index is -1.72. The van der Waals surface area contributed by atoms with Crippen molar-refractivity contribution in [3.8, 4) is 17.1 Å². The van der Waals surface area contributed by atoms with Crippen molar-refractivity contribution in [1.29, 1.82) is 0 Å². The first kappa shape index (κ1) is 110. The van der Waals surface area contributed by atoms with E-state index in [4.69, 9.17) is 65.0 Å². The van der Waals surface area contributed by atoms with Crippen LogP contribution in [0.5, 0.6) is 0 Å². The van der Waals surface area contributed by atoms with Crippen LogP contribution in [0.1, 0.15) is 215 Å². The zero-order chi connectivity index (χ0) is 96.5. The first-order valence-corrected chi connectivity index (χ1v) is 53.8. The molecule has 0 unspecified atom stereocenters. The minimum Gasteiger partial charge on any atom is -0.399 e. The molecule has 2 saturated heterocycles. The van der Waals surface area contributed by atoms with Crippen LogP contribution in [0.3, 0.4) is 0 Å². The molecule has 2 fully saturated rings. The quantitative estimate of drug-likeness (QED) is 0.0977. The molecule has 132 heavy (non-hydrogen) atoms. The van der Waals surface area contributed by atoms with Crippen molar-refractivity contribution >= 4 is 224 Å². The number of para-hydroxylation sites is 4. The first-order chi connectivity index (χ1) is 61.1. The number of aromatic amines is 1. The summed E-state index contributed by atoms with van der Waals surface area (Å²) >= 11 is 17.5. The maximum Gasteiger partial charge on any atom is 1.00 e. The van der Waals surface area contributed by atoms with Crippen LogP contribution in [0.2, 0.25) is 0 Å². The van der Waals surface area contributed by atoms with Gasteiger partial charge in [-0.05, 0) is 297 Å². The summed E-state index contributed by atoms with van der Waals surface area (Å²) in [5, 5.41) is 10.5. The van der Waals surface area contributed by atoms with Crippen molar-refractivity contribution in [3.63, 3.8) is 0 Å². The zero-order valence-corrected chi connectivity index (χ0v) is 92.8. The fraction of sp³-hybridized carbons (Fsp3) is 0.342. The van der Waals surface area contributed by atoms with Gasteiger partial charge in [-0.25, -0.2) is 30.1 Å². The number of nitrogens with one attached hydrogen (secondary N) is 1. The van der Waals surface area contributed by atoms with Gasteiger partial charge in [0.2, 0.25) is 0 Å². The van der Waals surface area contributed by atoms with Gasteiger partial charge >= 0.3 is 44.7 Å². The molecule has 1 N–H and O–H groups in total. The molecule has 0 bridgehead atoms. The molecule has 2 aliphatic heterocycles. The molecule has 0 spiro atoms. The number of hydrogen-bond acceptors (Lipinski definition) is 5. The number of alkyl halides is 1. The Labute approximate surface area is 855 Å². The topological polar surface area (TPSA) is 76.7 Å². The molecule has 18 rings (SSSR count). The van der Waals surface area contributed by atoms with Crippen LogP contribution in [0.4, 0.5) is 0 Å². The smallest absolute Gasteiger partial charge is 0.399 e. The monoisotopic (exact) mass is 2110 g/mol. The normalized spacial score (nSPS) is 14.4. The number of nitrogens with zero attached hydrogens (tertiary/aromatic N) is 3. The van der Waals surface area contributed by atoms with Gasteiger partial charge in [0.25, 0.3) is 0 Å². The average Bonchev–Trinajstić information content (AvgIpc) is 1.58. The van der Waals surface area contributed by atoms with Crippen LogP contribution in [-0.2, 0) is 44.9 Å². The second kappa shape index (κ2) is 45.7. The first-order valence-electron chi connectivity index (χ1n) is 45.0. The average molecular weight is 2120 g/mol. The van der Waals surface area contributed by atoms with Crippen LogP contribution < -0.4 is 24.3 Å². The van der Waals surface area contributed by atoms with Gasteiger partial charge in [-0.3, -0.25) is 0 Å². The van der Waals surface area contributed by atoms with Crippen molar-refractivity contribution in [3.05, 3.63) is 314 Å². The summed E-state index contributed by atoms with van der Waals surface area (Å²) in [6.07, 6.45) is 2.40. The summed E-state index contributed by atoms with van der Waals surface area (Å²) < 4.78 is 40.8. The van der Waals surface area contributed by atoms with Gasteiger partial charge in [0.15, 0.2) is 0 Å². The largest absolute Gasteiger partial charge is 1.00 e. The zero-order valence-electron chi connectivity index (χ0n) is 82.2. The molecule has 690 valence electrons. The van der Waals surface area contributed by atoms with E-state index in [1.807, 2.05) is 86.6 Å². The Morgan fingerprint density at radius 2 is 0.591 bits per heavy atom. The van der Waals surface area contributed by atoms with Crippen LogP contribution >= 0.6 is 105 Å². The van der Waals surface area contributed by atoms with Crippen LogP contribution in [0.25, 0.3) is 104 Å². The van der Waals surface area contributed by atoms with Gasteiger partial charge in [-0.1, -0.05) is 269 Å². The Kier molecular flexibility index (Phi) is 38.0. The second-order valence-electron chi connectivity index (χ2n) is 40.7. The predicted molar refractivity (Wildman–Crippen MR) is 587 cm³/mol. The maximum atomic E-state index is 6.28. The van der Waals surface area contributed by atoms with Crippen molar-refractivity contribution in [2.24, 2.45) is 0 Å². The van der Waals surface area contributed by atoms with E-state index in [-0.39, 0.29) is 81.0 Å². The van der Waals surface area contributed by atoms with Crippen molar-refractivity contribution in [2.75, 3.05) is 0 Å². The summed E-state index contributed by atoms with van der Waals surface area (Å²) in [5.74, 6) is 0. The maximum absolute atomic E-state index is 6.28. The van der Waals surface area contributed by atoms with Crippen LogP contribution in [0.15, 0.2) is 285 Å². The molecule has 16 aromatic rings. The van der Waals surface area contributed by atoms with Crippen molar-refractivity contribution < 1.29 is 42.1 Å². The van der Waals surface area contributed by atoms with E-state index >= 15 is 0 Å². The van der Waals surface area contributed by atoms with Gasteiger partial charge in [-0.15, -0.1) is 11.6 Å². The second-order valence-corrected chi connectivity index (χ2v) is 51.9. The number of rotatable bonds is 7. The van der Waals surface area contributed by atoms with E-state index in [2.05, 4.69) is 450 Å². The number of aromatic nitrogens is 4. The third-order valence-electron chi connectivity index (χ3n) is 23.6. The molecule has 0 saturated carbocycles. The molecule has 0 radical (unpaired) electrons. The number of halogens is 8. The molecule has 0 atom stereocenters.